The lowest BCUT2D eigenvalue weighted by atomic mass is 10.1. The second-order valence-corrected chi connectivity index (χ2v) is 7.28. The van der Waals surface area contributed by atoms with E-state index in [0.717, 1.165) is 5.56 Å². The highest BCUT2D eigenvalue weighted by molar-refractivity contribution is 5.95. The number of carbonyl (C=O) groups excluding carboxylic acids is 1. The average molecular weight is 444 g/mol. The summed E-state index contributed by atoms with van der Waals surface area (Å²) in [5, 5.41) is 9.75. The van der Waals surface area contributed by atoms with Crippen LogP contribution in [-0.2, 0) is 6.61 Å². The molecule has 0 bridgehead atoms. The number of amides is 1. The first-order valence-corrected chi connectivity index (χ1v) is 9.96. The van der Waals surface area contributed by atoms with Gasteiger partial charge in [-0.1, -0.05) is 30.3 Å². The maximum absolute atomic E-state index is 12.8. The van der Waals surface area contributed by atoms with E-state index in [1.54, 1.807) is 18.2 Å². The quantitative estimate of drug-likeness (QED) is 0.451. The van der Waals surface area contributed by atoms with Crippen molar-refractivity contribution in [1.82, 2.24) is 4.57 Å². The van der Waals surface area contributed by atoms with Gasteiger partial charge < -0.3 is 24.9 Å². The maximum atomic E-state index is 12.8. The van der Waals surface area contributed by atoms with Gasteiger partial charge in [-0.05, 0) is 29.8 Å². The molecular weight excluding hydrogens is 424 g/mol. The Morgan fingerprint density at radius 2 is 1.76 bits per heavy atom. The lowest BCUT2D eigenvalue weighted by molar-refractivity contribution is 0.0694. The van der Waals surface area contributed by atoms with Gasteiger partial charge in [0.2, 0.25) is 11.3 Å². The second-order valence-electron chi connectivity index (χ2n) is 7.28. The van der Waals surface area contributed by atoms with Gasteiger partial charge in [-0.25, -0.2) is 4.79 Å². The number of ether oxygens (including phenoxy) is 2. The number of nitrogens with zero attached hydrogens (tertiary/aromatic N) is 1. The number of carboxylic acid groups (broad SMARTS) is 1. The molecule has 33 heavy (non-hydrogen) atoms. The Labute approximate surface area is 188 Å². The highest BCUT2D eigenvalue weighted by atomic mass is 16.5. The van der Waals surface area contributed by atoms with Gasteiger partial charge in [-0.3, -0.25) is 9.59 Å². The van der Waals surface area contributed by atoms with E-state index >= 15 is 0 Å². The zero-order valence-corrected chi connectivity index (χ0v) is 17.6. The van der Waals surface area contributed by atoms with Crippen LogP contribution in [-0.4, -0.2) is 28.7 Å². The highest BCUT2D eigenvalue weighted by Crippen LogP contribution is 2.26. The van der Waals surface area contributed by atoms with E-state index in [2.05, 4.69) is 0 Å². The number of aromatic carboxylic acids is 1. The zero-order chi connectivity index (χ0) is 23.5. The molecule has 1 heterocycles. The summed E-state index contributed by atoms with van der Waals surface area (Å²) in [4.78, 5) is 36.4. The fourth-order valence-corrected chi connectivity index (χ4v) is 3.48. The zero-order valence-electron chi connectivity index (χ0n) is 17.6. The van der Waals surface area contributed by atoms with E-state index in [-0.39, 0.29) is 10.9 Å². The summed E-state index contributed by atoms with van der Waals surface area (Å²) < 4.78 is 12.7. The van der Waals surface area contributed by atoms with Crippen LogP contribution in [0.5, 0.6) is 11.5 Å². The van der Waals surface area contributed by atoms with Crippen molar-refractivity contribution in [3.63, 3.8) is 0 Å². The number of primary amides is 1. The first-order valence-electron chi connectivity index (χ1n) is 9.96. The molecule has 3 aromatic carbocycles. The highest BCUT2D eigenvalue weighted by Gasteiger charge is 2.17. The van der Waals surface area contributed by atoms with Gasteiger partial charge in [0, 0.05) is 29.3 Å². The van der Waals surface area contributed by atoms with E-state index in [9.17, 15) is 19.5 Å². The van der Waals surface area contributed by atoms with Gasteiger partial charge in [0.25, 0.3) is 0 Å². The molecule has 0 saturated carbocycles. The molecule has 166 valence electrons. The Morgan fingerprint density at radius 1 is 1.00 bits per heavy atom. The van der Waals surface area contributed by atoms with Gasteiger partial charge in [0.05, 0.1) is 18.3 Å². The molecule has 0 unspecified atom stereocenters. The molecule has 4 aromatic rings. The number of carbonyl (C=O) groups is 2. The Balaban J connectivity index is 1.90. The molecule has 8 nitrogen and oxygen atoms in total. The van der Waals surface area contributed by atoms with Crippen molar-refractivity contribution < 1.29 is 24.2 Å². The minimum absolute atomic E-state index is 0.171. The molecule has 0 atom stereocenters. The van der Waals surface area contributed by atoms with E-state index in [4.69, 9.17) is 15.2 Å². The van der Waals surface area contributed by atoms with Crippen molar-refractivity contribution in [2.24, 2.45) is 5.73 Å². The summed E-state index contributed by atoms with van der Waals surface area (Å²) in [6.45, 7) is 0.314. The third-order valence-corrected chi connectivity index (χ3v) is 5.14. The number of aromatic nitrogens is 1. The number of pyridine rings is 1. The largest absolute Gasteiger partial charge is 0.497 e. The topological polar surface area (TPSA) is 121 Å². The predicted octanol–water partition coefficient (Wildman–Crippen LogP) is 3.38. The average Bonchev–Trinajstić information content (AvgIpc) is 2.83. The molecule has 8 heteroatoms. The summed E-state index contributed by atoms with van der Waals surface area (Å²) in [6, 6.07) is 18.9. The van der Waals surface area contributed by atoms with Gasteiger partial charge in [-0.15, -0.1) is 0 Å². The van der Waals surface area contributed by atoms with Crippen molar-refractivity contribution >= 4 is 22.8 Å². The first kappa shape index (κ1) is 21.6. The number of methoxy groups -OCH3 is 1. The minimum Gasteiger partial charge on any atom is -0.497 e. The van der Waals surface area contributed by atoms with Gasteiger partial charge in [-0.2, -0.15) is 0 Å². The van der Waals surface area contributed by atoms with Crippen LogP contribution in [0.4, 0.5) is 0 Å². The Kier molecular flexibility index (Phi) is 5.82. The second kappa shape index (κ2) is 8.88. The number of hydrogen-bond donors (Lipinski definition) is 2. The number of fused-ring (bicyclic) bond motifs is 1. The van der Waals surface area contributed by atoms with Crippen molar-refractivity contribution in [1.29, 1.82) is 0 Å². The molecule has 0 aliphatic carbocycles. The standard InChI is InChI=1S/C25H20N2O6/c1-32-19-10-16(24(26)29)9-17(11-19)27-13-21(25(30)31)23(28)20-8-7-18(12-22(20)27)33-14-15-5-3-2-4-6-15/h2-13H,14H2,1H3,(H2,26,29)(H,30,31). The number of rotatable bonds is 7. The van der Waals surface area contributed by atoms with Crippen LogP contribution >= 0.6 is 0 Å². The molecule has 3 N–H and O–H groups in total. The van der Waals surface area contributed by atoms with Gasteiger partial charge in [0.15, 0.2) is 0 Å². The Bertz CT molecular complexity index is 1430. The molecule has 0 spiro atoms. The van der Waals surface area contributed by atoms with Crippen LogP contribution < -0.4 is 20.6 Å². The van der Waals surface area contributed by atoms with Crippen LogP contribution in [0.15, 0.2) is 77.7 Å². The molecule has 0 saturated heterocycles. The molecule has 0 aliphatic heterocycles. The third-order valence-electron chi connectivity index (χ3n) is 5.14. The van der Waals surface area contributed by atoms with Crippen LogP contribution in [0.1, 0.15) is 26.3 Å². The number of benzene rings is 3. The summed E-state index contributed by atoms with van der Waals surface area (Å²) in [6.07, 6.45) is 1.22. The molecule has 4 rings (SSSR count). The normalized spacial score (nSPS) is 10.7. The molecule has 0 radical (unpaired) electrons. The van der Waals surface area contributed by atoms with Crippen molar-refractivity contribution in [3.05, 3.63) is 99.8 Å². The van der Waals surface area contributed by atoms with Crippen LogP contribution in [0.3, 0.4) is 0 Å². The molecule has 0 fully saturated rings. The van der Waals surface area contributed by atoms with E-state index in [0.29, 0.717) is 29.3 Å². The Morgan fingerprint density at radius 3 is 2.42 bits per heavy atom. The summed E-state index contributed by atoms with van der Waals surface area (Å²) in [5.74, 6) is -1.20. The van der Waals surface area contributed by atoms with Crippen molar-refractivity contribution in [2.45, 2.75) is 6.61 Å². The SMILES string of the molecule is COc1cc(C(N)=O)cc(-n2cc(C(=O)O)c(=O)c3ccc(OCc4ccccc4)cc32)c1. The van der Waals surface area contributed by atoms with E-state index in [1.807, 2.05) is 30.3 Å². The summed E-state index contributed by atoms with van der Waals surface area (Å²) in [5.41, 5.74) is 6.35. The van der Waals surface area contributed by atoms with Crippen molar-refractivity contribution in [3.8, 4) is 17.2 Å². The maximum Gasteiger partial charge on any atom is 0.341 e. The van der Waals surface area contributed by atoms with E-state index < -0.39 is 22.9 Å². The molecule has 1 aromatic heterocycles. The third kappa shape index (κ3) is 4.40. The first-order chi connectivity index (χ1) is 15.9. The van der Waals surface area contributed by atoms with Crippen molar-refractivity contribution in [2.75, 3.05) is 7.11 Å². The smallest absolute Gasteiger partial charge is 0.341 e. The summed E-state index contributed by atoms with van der Waals surface area (Å²) >= 11 is 0. The minimum atomic E-state index is -1.36. The van der Waals surface area contributed by atoms with Crippen LogP contribution in [0.2, 0.25) is 0 Å². The number of hydrogen-bond acceptors (Lipinski definition) is 5. The van der Waals surface area contributed by atoms with Gasteiger partial charge >= 0.3 is 5.97 Å². The fourth-order valence-electron chi connectivity index (χ4n) is 3.48. The lowest BCUT2D eigenvalue weighted by Crippen LogP contribution is -2.19. The lowest BCUT2D eigenvalue weighted by Gasteiger charge is -2.16. The number of nitrogens with two attached hydrogens (primary N) is 1. The summed E-state index contributed by atoms with van der Waals surface area (Å²) in [7, 11) is 1.44. The molecule has 0 aliphatic rings. The molecule has 1 amide bonds. The van der Waals surface area contributed by atoms with Crippen LogP contribution in [0.25, 0.3) is 16.6 Å². The number of carboxylic acids is 1. The van der Waals surface area contributed by atoms with E-state index in [1.165, 1.54) is 36.1 Å². The predicted molar refractivity (Wildman–Crippen MR) is 122 cm³/mol. The Hall–Kier alpha value is -4.59. The molecular formula is C25H20N2O6. The fraction of sp³-hybridized carbons (Fsp3) is 0.0800. The van der Waals surface area contributed by atoms with Gasteiger partial charge in [0.1, 0.15) is 23.7 Å². The monoisotopic (exact) mass is 444 g/mol. The van der Waals surface area contributed by atoms with Crippen LogP contribution in [0, 0.1) is 0 Å².